The Kier molecular flexibility index (Phi) is 6.50. The van der Waals surface area contributed by atoms with E-state index in [0.717, 1.165) is 0 Å². The van der Waals surface area contributed by atoms with Crippen LogP contribution in [0.15, 0.2) is 12.7 Å². The largest absolute Gasteiger partial charge is 0.480 e. The SMILES string of the molecule is C=CCN(C(=O)[C@@H](N)CC(C)C)[C@@H](C)C(=O)O. The van der Waals surface area contributed by atoms with Crippen LogP contribution in [0.5, 0.6) is 0 Å². The number of carbonyl (C=O) groups excluding carboxylic acids is 1. The molecule has 1 amide bonds. The van der Waals surface area contributed by atoms with Crippen molar-refractivity contribution in [2.45, 2.75) is 39.3 Å². The lowest BCUT2D eigenvalue weighted by molar-refractivity contribution is -0.149. The van der Waals surface area contributed by atoms with E-state index in [9.17, 15) is 9.59 Å². The Balaban J connectivity index is 4.75. The zero-order valence-electron chi connectivity index (χ0n) is 10.7. The summed E-state index contributed by atoms with van der Waals surface area (Å²) in [5.74, 6) is -1.09. The molecule has 0 rings (SSSR count). The van der Waals surface area contributed by atoms with Gasteiger partial charge in [-0.05, 0) is 19.3 Å². The molecule has 0 unspecified atom stereocenters. The van der Waals surface area contributed by atoms with Gasteiger partial charge in [-0.3, -0.25) is 4.79 Å². The van der Waals surface area contributed by atoms with Crippen molar-refractivity contribution in [2.24, 2.45) is 11.7 Å². The molecule has 0 heterocycles. The lowest BCUT2D eigenvalue weighted by Crippen LogP contribution is -2.50. The van der Waals surface area contributed by atoms with Crippen LogP contribution in [0.3, 0.4) is 0 Å². The van der Waals surface area contributed by atoms with E-state index in [4.69, 9.17) is 10.8 Å². The molecule has 0 saturated carbocycles. The second-order valence-electron chi connectivity index (χ2n) is 4.53. The summed E-state index contributed by atoms with van der Waals surface area (Å²) in [5.41, 5.74) is 5.77. The van der Waals surface area contributed by atoms with Crippen LogP contribution in [-0.4, -0.2) is 40.5 Å². The fourth-order valence-electron chi connectivity index (χ4n) is 1.53. The first-order valence-electron chi connectivity index (χ1n) is 5.71. The van der Waals surface area contributed by atoms with Crippen molar-refractivity contribution in [3.63, 3.8) is 0 Å². The zero-order chi connectivity index (χ0) is 13.6. The Labute approximate surface area is 102 Å². The second-order valence-corrected chi connectivity index (χ2v) is 4.53. The van der Waals surface area contributed by atoms with Crippen molar-refractivity contribution < 1.29 is 14.7 Å². The van der Waals surface area contributed by atoms with Gasteiger partial charge < -0.3 is 15.7 Å². The first-order chi connectivity index (χ1) is 7.81. The van der Waals surface area contributed by atoms with Gasteiger partial charge >= 0.3 is 5.97 Å². The number of nitrogens with zero attached hydrogens (tertiary/aromatic N) is 1. The predicted molar refractivity (Wildman–Crippen MR) is 66.4 cm³/mol. The van der Waals surface area contributed by atoms with Crippen LogP contribution >= 0.6 is 0 Å². The fraction of sp³-hybridized carbons (Fsp3) is 0.667. The molecule has 0 fully saturated rings. The first-order valence-corrected chi connectivity index (χ1v) is 5.71. The average Bonchev–Trinajstić information content (AvgIpc) is 2.22. The van der Waals surface area contributed by atoms with Gasteiger partial charge in [0.25, 0.3) is 0 Å². The number of carboxylic acids is 1. The molecule has 5 heteroatoms. The standard InChI is InChI=1S/C12H22N2O3/c1-5-6-14(9(4)12(16)17)11(15)10(13)7-8(2)3/h5,8-10H,1,6-7,13H2,2-4H3,(H,16,17)/t9-,10-/m0/s1. The van der Waals surface area contributed by atoms with Crippen molar-refractivity contribution in [3.8, 4) is 0 Å². The molecule has 0 aromatic heterocycles. The van der Waals surface area contributed by atoms with Crippen LogP contribution in [0.4, 0.5) is 0 Å². The van der Waals surface area contributed by atoms with Crippen LogP contribution in [0, 0.1) is 5.92 Å². The summed E-state index contributed by atoms with van der Waals surface area (Å²) in [6.45, 7) is 9.10. The molecule has 0 aromatic carbocycles. The van der Waals surface area contributed by atoms with Gasteiger partial charge in [0.2, 0.25) is 5.91 Å². The first kappa shape index (κ1) is 15.6. The average molecular weight is 242 g/mol. The third kappa shape index (κ3) is 4.99. The van der Waals surface area contributed by atoms with Crippen LogP contribution in [0.1, 0.15) is 27.2 Å². The number of rotatable bonds is 7. The van der Waals surface area contributed by atoms with Gasteiger partial charge in [0.15, 0.2) is 0 Å². The van der Waals surface area contributed by atoms with Gasteiger partial charge in [-0.1, -0.05) is 19.9 Å². The quantitative estimate of drug-likeness (QED) is 0.648. The molecule has 98 valence electrons. The van der Waals surface area contributed by atoms with Gasteiger partial charge in [-0.25, -0.2) is 4.79 Å². The molecule has 17 heavy (non-hydrogen) atoms. The molecule has 3 N–H and O–H groups in total. The lowest BCUT2D eigenvalue weighted by Gasteiger charge is -2.28. The van der Waals surface area contributed by atoms with Gasteiger partial charge in [-0.15, -0.1) is 6.58 Å². The molecule has 0 aliphatic heterocycles. The summed E-state index contributed by atoms with van der Waals surface area (Å²) in [5, 5.41) is 8.92. The number of aliphatic carboxylic acids is 1. The molecule has 0 bridgehead atoms. The highest BCUT2D eigenvalue weighted by atomic mass is 16.4. The maximum absolute atomic E-state index is 12.0. The van der Waals surface area contributed by atoms with E-state index in [-0.39, 0.29) is 12.5 Å². The summed E-state index contributed by atoms with van der Waals surface area (Å²) in [6, 6.07) is -1.55. The highest BCUT2D eigenvalue weighted by Gasteiger charge is 2.28. The lowest BCUT2D eigenvalue weighted by atomic mass is 10.0. The number of amides is 1. The summed E-state index contributed by atoms with van der Waals surface area (Å²) in [6.07, 6.45) is 2.04. The molecule has 0 spiro atoms. The van der Waals surface area contributed by atoms with Crippen LogP contribution < -0.4 is 5.73 Å². The number of carboxylic acid groups (broad SMARTS) is 1. The predicted octanol–water partition coefficient (Wildman–Crippen LogP) is 0.847. The van der Waals surface area contributed by atoms with Gasteiger partial charge in [0.1, 0.15) is 6.04 Å². The summed E-state index contributed by atoms with van der Waals surface area (Å²) >= 11 is 0. The van der Waals surface area contributed by atoms with E-state index in [1.54, 1.807) is 0 Å². The molecule has 0 aliphatic carbocycles. The Morgan fingerprint density at radius 1 is 1.41 bits per heavy atom. The summed E-state index contributed by atoms with van der Waals surface area (Å²) in [4.78, 5) is 24.1. The maximum atomic E-state index is 12.0. The monoisotopic (exact) mass is 242 g/mol. The van der Waals surface area contributed by atoms with E-state index in [1.807, 2.05) is 13.8 Å². The molecular weight excluding hydrogens is 220 g/mol. The molecule has 0 saturated heterocycles. The topological polar surface area (TPSA) is 83.6 Å². The minimum absolute atomic E-state index is 0.193. The van der Waals surface area contributed by atoms with E-state index < -0.39 is 18.1 Å². The molecule has 5 nitrogen and oxygen atoms in total. The zero-order valence-corrected chi connectivity index (χ0v) is 10.7. The van der Waals surface area contributed by atoms with Gasteiger partial charge in [0, 0.05) is 6.54 Å². The molecule has 0 aromatic rings. The van der Waals surface area contributed by atoms with E-state index in [1.165, 1.54) is 17.9 Å². The minimum Gasteiger partial charge on any atom is -0.480 e. The molecule has 0 aliphatic rings. The Bertz CT molecular complexity index is 289. The third-order valence-electron chi connectivity index (χ3n) is 2.48. The highest BCUT2D eigenvalue weighted by Crippen LogP contribution is 2.09. The molecule has 2 atom stereocenters. The van der Waals surface area contributed by atoms with Crippen molar-refractivity contribution in [1.29, 1.82) is 0 Å². The van der Waals surface area contributed by atoms with Crippen molar-refractivity contribution in [2.75, 3.05) is 6.54 Å². The normalized spacial score (nSPS) is 14.2. The Morgan fingerprint density at radius 3 is 2.29 bits per heavy atom. The van der Waals surface area contributed by atoms with Gasteiger partial charge in [-0.2, -0.15) is 0 Å². The smallest absolute Gasteiger partial charge is 0.326 e. The van der Waals surface area contributed by atoms with Crippen molar-refractivity contribution >= 4 is 11.9 Å². The van der Waals surface area contributed by atoms with Gasteiger partial charge in [0.05, 0.1) is 6.04 Å². The number of nitrogens with two attached hydrogens (primary N) is 1. The highest BCUT2D eigenvalue weighted by molar-refractivity contribution is 5.86. The fourth-order valence-corrected chi connectivity index (χ4v) is 1.53. The Hall–Kier alpha value is -1.36. The van der Waals surface area contributed by atoms with Crippen molar-refractivity contribution in [3.05, 3.63) is 12.7 Å². The van der Waals surface area contributed by atoms with E-state index >= 15 is 0 Å². The van der Waals surface area contributed by atoms with E-state index in [0.29, 0.717) is 12.3 Å². The Morgan fingerprint density at radius 2 is 1.94 bits per heavy atom. The second kappa shape index (κ2) is 7.06. The number of hydrogen-bond donors (Lipinski definition) is 2. The van der Waals surface area contributed by atoms with Crippen LogP contribution in [-0.2, 0) is 9.59 Å². The number of carbonyl (C=O) groups is 2. The van der Waals surface area contributed by atoms with Crippen molar-refractivity contribution in [1.82, 2.24) is 4.90 Å². The molecule has 0 radical (unpaired) electrons. The van der Waals surface area contributed by atoms with Crippen LogP contribution in [0.25, 0.3) is 0 Å². The number of hydrogen-bond acceptors (Lipinski definition) is 3. The maximum Gasteiger partial charge on any atom is 0.326 e. The van der Waals surface area contributed by atoms with Crippen LogP contribution in [0.2, 0.25) is 0 Å². The molecular formula is C12H22N2O3. The summed E-state index contributed by atoms with van der Waals surface area (Å²) in [7, 11) is 0. The van der Waals surface area contributed by atoms with E-state index in [2.05, 4.69) is 6.58 Å². The minimum atomic E-state index is -1.04. The third-order valence-corrected chi connectivity index (χ3v) is 2.48. The summed E-state index contributed by atoms with van der Waals surface area (Å²) < 4.78 is 0.